The molecule has 0 aromatic heterocycles. The van der Waals surface area contributed by atoms with E-state index >= 15 is 0 Å². The smallest absolute Gasteiger partial charge is 0.124 e. The lowest BCUT2D eigenvalue weighted by molar-refractivity contribution is 0.389. The first-order chi connectivity index (χ1) is 8.00. The molecule has 1 N–H and O–H groups in total. The maximum absolute atomic E-state index is 12.9. The van der Waals surface area contributed by atoms with Gasteiger partial charge in [0.25, 0.3) is 0 Å². The van der Waals surface area contributed by atoms with Crippen molar-refractivity contribution in [3.8, 4) is 0 Å². The fourth-order valence-corrected chi connectivity index (χ4v) is 2.01. The van der Waals surface area contributed by atoms with E-state index in [-0.39, 0.29) is 11.9 Å². The van der Waals surface area contributed by atoms with Crippen LogP contribution in [0.15, 0.2) is 18.2 Å². The van der Waals surface area contributed by atoms with Gasteiger partial charge in [-0.1, -0.05) is 17.7 Å². The Balaban J connectivity index is 2.44. The van der Waals surface area contributed by atoms with Gasteiger partial charge in [0.15, 0.2) is 0 Å². The van der Waals surface area contributed by atoms with Gasteiger partial charge in [-0.15, -0.1) is 0 Å². The molecule has 1 aromatic carbocycles. The maximum atomic E-state index is 12.9. The normalized spacial score (nSPS) is 13.1. The van der Waals surface area contributed by atoms with E-state index < -0.39 is 0 Å². The Morgan fingerprint density at radius 1 is 1.41 bits per heavy atom. The van der Waals surface area contributed by atoms with Crippen LogP contribution >= 0.6 is 11.6 Å². The molecule has 1 atom stereocenters. The van der Waals surface area contributed by atoms with Gasteiger partial charge in [0, 0.05) is 11.1 Å². The van der Waals surface area contributed by atoms with Gasteiger partial charge in [0.05, 0.1) is 0 Å². The van der Waals surface area contributed by atoms with Gasteiger partial charge < -0.3 is 10.2 Å². The minimum absolute atomic E-state index is 0.144. The van der Waals surface area contributed by atoms with Crippen molar-refractivity contribution in [2.45, 2.75) is 19.4 Å². The molecule has 1 rings (SSSR count). The van der Waals surface area contributed by atoms with E-state index in [9.17, 15) is 4.39 Å². The van der Waals surface area contributed by atoms with Gasteiger partial charge in [-0.05, 0) is 58.2 Å². The molecular weight excluding hydrogens is 239 g/mol. The predicted molar refractivity (Wildman–Crippen MR) is 71.0 cm³/mol. The number of hydrogen-bond donors (Lipinski definition) is 1. The second kappa shape index (κ2) is 6.94. The monoisotopic (exact) mass is 258 g/mol. The predicted octanol–water partition coefficient (Wildman–Crippen LogP) is 3.08. The Bertz CT molecular complexity index is 355. The van der Waals surface area contributed by atoms with E-state index in [0.717, 1.165) is 25.1 Å². The van der Waals surface area contributed by atoms with Crippen molar-refractivity contribution in [3.63, 3.8) is 0 Å². The molecule has 0 amide bonds. The SMILES string of the molecule is CC(NCCCN(C)C)c1ccc(F)cc1Cl. The minimum atomic E-state index is -0.293. The molecule has 0 heterocycles. The molecule has 17 heavy (non-hydrogen) atoms. The third-order valence-corrected chi connectivity index (χ3v) is 2.99. The van der Waals surface area contributed by atoms with Crippen molar-refractivity contribution in [3.05, 3.63) is 34.6 Å². The zero-order valence-electron chi connectivity index (χ0n) is 10.6. The van der Waals surface area contributed by atoms with Crippen LogP contribution in [0.1, 0.15) is 24.9 Å². The second-order valence-electron chi connectivity index (χ2n) is 4.50. The molecule has 0 saturated carbocycles. The van der Waals surface area contributed by atoms with Crippen LogP contribution in [0.2, 0.25) is 5.02 Å². The molecule has 0 aliphatic heterocycles. The van der Waals surface area contributed by atoms with E-state index in [4.69, 9.17) is 11.6 Å². The summed E-state index contributed by atoms with van der Waals surface area (Å²) in [6, 6.07) is 4.68. The highest BCUT2D eigenvalue weighted by Crippen LogP contribution is 2.23. The average Bonchev–Trinajstić information content (AvgIpc) is 2.23. The molecule has 0 aliphatic carbocycles. The second-order valence-corrected chi connectivity index (χ2v) is 4.91. The fraction of sp³-hybridized carbons (Fsp3) is 0.538. The first kappa shape index (κ1) is 14.4. The quantitative estimate of drug-likeness (QED) is 0.789. The first-order valence-corrected chi connectivity index (χ1v) is 6.21. The number of nitrogens with zero attached hydrogens (tertiary/aromatic N) is 1. The third-order valence-electron chi connectivity index (χ3n) is 2.66. The molecule has 0 spiro atoms. The topological polar surface area (TPSA) is 15.3 Å². The number of benzene rings is 1. The summed E-state index contributed by atoms with van der Waals surface area (Å²) in [6.45, 7) is 4.01. The lowest BCUT2D eigenvalue weighted by Crippen LogP contribution is -2.24. The number of rotatable bonds is 6. The number of nitrogens with one attached hydrogen (secondary N) is 1. The van der Waals surface area contributed by atoms with Crippen molar-refractivity contribution in [2.24, 2.45) is 0 Å². The van der Waals surface area contributed by atoms with Gasteiger partial charge >= 0.3 is 0 Å². The largest absolute Gasteiger partial charge is 0.310 e. The van der Waals surface area contributed by atoms with Crippen LogP contribution in [0, 0.1) is 5.82 Å². The molecule has 1 aromatic rings. The number of halogens is 2. The Kier molecular flexibility index (Phi) is 5.89. The zero-order valence-corrected chi connectivity index (χ0v) is 11.4. The van der Waals surface area contributed by atoms with E-state index in [0.29, 0.717) is 5.02 Å². The minimum Gasteiger partial charge on any atom is -0.310 e. The highest BCUT2D eigenvalue weighted by Gasteiger charge is 2.09. The van der Waals surface area contributed by atoms with E-state index in [1.165, 1.54) is 12.1 Å². The molecule has 0 saturated heterocycles. The van der Waals surface area contributed by atoms with Gasteiger partial charge in [0.1, 0.15) is 5.82 Å². The molecule has 0 radical (unpaired) electrons. The molecule has 1 unspecified atom stereocenters. The lowest BCUT2D eigenvalue weighted by atomic mass is 10.1. The summed E-state index contributed by atoms with van der Waals surface area (Å²) < 4.78 is 12.9. The summed E-state index contributed by atoms with van der Waals surface area (Å²) in [7, 11) is 4.11. The van der Waals surface area contributed by atoms with Crippen LogP contribution in [-0.4, -0.2) is 32.1 Å². The Labute approximate surface area is 108 Å². The van der Waals surface area contributed by atoms with Gasteiger partial charge in [-0.3, -0.25) is 0 Å². The lowest BCUT2D eigenvalue weighted by Gasteiger charge is -2.16. The van der Waals surface area contributed by atoms with Crippen LogP contribution in [-0.2, 0) is 0 Å². The maximum Gasteiger partial charge on any atom is 0.124 e. The summed E-state index contributed by atoms with van der Waals surface area (Å²) in [6.07, 6.45) is 1.08. The Morgan fingerprint density at radius 2 is 2.12 bits per heavy atom. The summed E-state index contributed by atoms with van der Waals surface area (Å²) in [5.74, 6) is -0.293. The summed E-state index contributed by atoms with van der Waals surface area (Å²) in [4.78, 5) is 2.15. The van der Waals surface area contributed by atoms with Crippen LogP contribution in [0.4, 0.5) is 4.39 Å². The summed E-state index contributed by atoms with van der Waals surface area (Å²) in [5, 5.41) is 3.86. The third kappa shape index (κ3) is 5.02. The average molecular weight is 259 g/mol. The van der Waals surface area contributed by atoms with E-state index in [1.54, 1.807) is 6.07 Å². The molecular formula is C13H20ClFN2. The number of hydrogen-bond acceptors (Lipinski definition) is 2. The van der Waals surface area contributed by atoms with Crippen molar-refractivity contribution in [2.75, 3.05) is 27.2 Å². The van der Waals surface area contributed by atoms with Crippen molar-refractivity contribution >= 4 is 11.6 Å². The summed E-state index contributed by atoms with van der Waals surface area (Å²) >= 11 is 6.00. The standard InChI is InChI=1S/C13H20ClFN2/c1-10(16-7-4-8-17(2)3)12-6-5-11(15)9-13(12)14/h5-6,9-10,16H,4,7-8H2,1-3H3. The van der Waals surface area contributed by atoms with Crippen molar-refractivity contribution < 1.29 is 4.39 Å². The van der Waals surface area contributed by atoms with Crippen LogP contribution in [0.5, 0.6) is 0 Å². The summed E-state index contributed by atoms with van der Waals surface area (Å²) in [5.41, 5.74) is 0.943. The van der Waals surface area contributed by atoms with Gasteiger partial charge in [0.2, 0.25) is 0 Å². The molecule has 0 aliphatic rings. The van der Waals surface area contributed by atoms with Crippen molar-refractivity contribution in [1.82, 2.24) is 10.2 Å². The zero-order chi connectivity index (χ0) is 12.8. The van der Waals surface area contributed by atoms with E-state index in [2.05, 4.69) is 24.3 Å². The molecule has 2 nitrogen and oxygen atoms in total. The highest BCUT2D eigenvalue weighted by atomic mass is 35.5. The molecule has 0 bridgehead atoms. The van der Waals surface area contributed by atoms with Gasteiger partial charge in [-0.2, -0.15) is 0 Å². The molecule has 96 valence electrons. The Morgan fingerprint density at radius 3 is 2.71 bits per heavy atom. The molecule has 4 heteroatoms. The Hall–Kier alpha value is -0.640. The fourth-order valence-electron chi connectivity index (χ4n) is 1.68. The van der Waals surface area contributed by atoms with E-state index in [1.807, 2.05) is 6.92 Å². The van der Waals surface area contributed by atoms with Crippen LogP contribution in [0.3, 0.4) is 0 Å². The van der Waals surface area contributed by atoms with Crippen LogP contribution < -0.4 is 5.32 Å². The molecule has 0 fully saturated rings. The van der Waals surface area contributed by atoms with Gasteiger partial charge in [-0.25, -0.2) is 4.39 Å². The highest BCUT2D eigenvalue weighted by molar-refractivity contribution is 6.31. The first-order valence-electron chi connectivity index (χ1n) is 5.83. The van der Waals surface area contributed by atoms with Crippen LogP contribution in [0.25, 0.3) is 0 Å². The van der Waals surface area contributed by atoms with Crippen molar-refractivity contribution in [1.29, 1.82) is 0 Å².